The van der Waals surface area contributed by atoms with E-state index in [1.54, 1.807) is 0 Å². The van der Waals surface area contributed by atoms with Crippen molar-refractivity contribution in [3.8, 4) is 0 Å². The molecule has 0 aliphatic rings. The van der Waals surface area contributed by atoms with Gasteiger partial charge in [0.15, 0.2) is 0 Å². The summed E-state index contributed by atoms with van der Waals surface area (Å²) in [5, 5.41) is 0. The average Bonchev–Trinajstić information content (AvgIpc) is 1.65. The first-order valence-corrected chi connectivity index (χ1v) is 3.35. The smallest absolute Gasteiger partial charge is 0.0845 e. The highest BCUT2D eigenvalue weighted by molar-refractivity contribution is 8.03. The summed E-state index contributed by atoms with van der Waals surface area (Å²) < 4.78 is 0.622. The molecule has 6 heavy (non-hydrogen) atoms. The maximum absolute atomic E-state index is 5.34. The minimum absolute atomic E-state index is 0.622. The molecule has 0 saturated carbocycles. The third-order valence-electron chi connectivity index (χ3n) is 0.281. The van der Waals surface area contributed by atoms with Crippen LogP contribution in [0.5, 0.6) is 0 Å². The molecule has 0 spiro atoms. The van der Waals surface area contributed by atoms with Crippen LogP contribution in [0.4, 0.5) is 0 Å². The molecule has 0 rings (SSSR count). The summed E-state index contributed by atoms with van der Waals surface area (Å²) in [5.74, 6) is 0. The Morgan fingerprint density at radius 1 is 1.83 bits per heavy atom. The highest BCUT2D eigenvalue weighted by Gasteiger charge is 1.78. The highest BCUT2D eigenvalue weighted by Crippen LogP contribution is 2.15. The van der Waals surface area contributed by atoms with E-state index < -0.39 is 0 Å². The van der Waals surface area contributed by atoms with Gasteiger partial charge in [-0.2, -0.15) is 0 Å². The van der Waals surface area contributed by atoms with Crippen LogP contribution in [-0.2, 0) is 0 Å². The fourth-order valence-electron chi connectivity index (χ4n) is 0.0445. The van der Waals surface area contributed by atoms with Crippen LogP contribution < -0.4 is 0 Å². The molecule has 0 unspecified atom stereocenters. The summed E-state index contributed by atoms with van der Waals surface area (Å²) in [4.78, 5) is 0. The lowest BCUT2D eigenvalue weighted by Gasteiger charge is -1.79. The van der Waals surface area contributed by atoms with Gasteiger partial charge in [0.25, 0.3) is 0 Å². The predicted molar refractivity (Wildman–Crippen MR) is 33.3 cm³/mol. The fraction of sp³-hybridized carbons (Fsp3) is 0.333. The molecule has 0 bridgehead atoms. The van der Waals surface area contributed by atoms with Crippen molar-refractivity contribution in [3.05, 3.63) is 9.90 Å². The van der Waals surface area contributed by atoms with Gasteiger partial charge in [-0.15, -0.1) is 11.8 Å². The lowest BCUT2D eigenvalue weighted by molar-refractivity contribution is 2.33. The van der Waals surface area contributed by atoms with Gasteiger partial charge in [0.05, 0.1) is 4.36 Å². The minimum atomic E-state index is 0.622. The maximum Gasteiger partial charge on any atom is 0.0845 e. The highest BCUT2D eigenvalue weighted by atomic mass is 35.5. The number of thioether (sulfide) groups is 1. The van der Waals surface area contributed by atoms with Gasteiger partial charge in [-0.05, 0) is 6.26 Å². The molecule has 0 fully saturated rings. The second kappa shape index (κ2) is 3.85. The molecular weight excluding hydrogens is 139 g/mol. The Balaban J connectivity index is 3.22. The van der Waals surface area contributed by atoms with Crippen LogP contribution in [0.1, 0.15) is 0 Å². The lowest BCUT2D eigenvalue weighted by Crippen LogP contribution is -1.48. The van der Waals surface area contributed by atoms with Crippen LogP contribution in [0.15, 0.2) is 9.90 Å². The second-order valence-corrected chi connectivity index (χ2v) is 2.31. The first-order valence-electron chi connectivity index (χ1n) is 1.31. The Hall–Kier alpha value is 0.670. The van der Waals surface area contributed by atoms with Crippen molar-refractivity contribution in [2.24, 2.45) is 0 Å². The molecule has 0 aromatic carbocycles. The van der Waals surface area contributed by atoms with E-state index in [2.05, 4.69) is 0 Å². The molecule has 36 valence electrons. The van der Waals surface area contributed by atoms with E-state index in [0.29, 0.717) is 4.36 Å². The summed E-state index contributed by atoms with van der Waals surface area (Å²) >= 11 is 11.9. The molecule has 0 atom stereocenters. The maximum atomic E-state index is 5.34. The molecule has 0 saturated heterocycles. The van der Waals surface area contributed by atoms with E-state index in [0.717, 1.165) is 0 Å². The van der Waals surface area contributed by atoms with Crippen LogP contribution in [0.3, 0.4) is 0 Å². The van der Waals surface area contributed by atoms with Crippen molar-refractivity contribution in [2.45, 2.75) is 0 Å². The number of rotatable bonds is 1. The first-order chi connectivity index (χ1) is 2.81. The van der Waals surface area contributed by atoms with Gasteiger partial charge in [-0.3, -0.25) is 0 Å². The standard InChI is InChI=1S/C3H4Cl2S/c1-6-3(5)2-4/h2H,1H3. The van der Waals surface area contributed by atoms with Crippen LogP contribution in [0, 0.1) is 0 Å². The molecule has 3 heteroatoms. The van der Waals surface area contributed by atoms with Gasteiger partial charge >= 0.3 is 0 Å². The summed E-state index contributed by atoms with van der Waals surface area (Å²) in [6.45, 7) is 0. The first kappa shape index (κ1) is 6.67. The van der Waals surface area contributed by atoms with Gasteiger partial charge in [-0.25, -0.2) is 0 Å². The molecule has 0 N–H and O–H groups in total. The Morgan fingerprint density at radius 3 is 2.33 bits per heavy atom. The van der Waals surface area contributed by atoms with E-state index in [1.165, 1.54) is 17.3 Å². The zero-order valence-electron chi connectivity index (χ0n) is 3.24. The number of hydrogen-bond donors (Lipinski definition) is 0. The number of halogens is 2. The van der Waals surface area contributed by atoms with Crippen molar-refractivity contribution >= 4 is 35.0 Å². The van der Waals surface area contributed by atoms with Gasteiger partial charge in [-0.1, -0.05) is 23.2 Å². The topological polar surface area (TPSA) is 0 Å². The molecule has 0 aliphatic heterocycles. The SMILES string of the molecule is CSC(Cl)=CCl. The van der Waals surface area contributed by atoms with E-state index in [-0.39, 0.29) is 0 Å². The van der Waals surface area contributed by atoms with Crippen molar-refractivity contribution in [2.75, 3.05) is 6.26 Å². The molecule has 0 amide bonds. The monoisotopic (exact) mass is 142 g/mol. The quantitative estimate of drug-likeness (QED) is 0.543. The van der Waals surface area contributed by atoms with Crippen LogP contribution in [-0.4, -0.2) is 6.26 Å². The summed E-state index contributed by atoms with van der Waals surface area (Å²) in [7, 11) is 0. The molecule has 0 nitrogen and oxygen atoms in total. The molecular formula is C3H4Cl2S. The molecule has 0 heterocycles. The van der Waals surface area contributed by atoms with Gasteiger partial charge in [0.2, 0.25) is 0 Å². The average molecular weight is 143 g/mol. The zero-order chi connectivity index (χ0) is 4.99. The second-order valence-electron chi connectivity index (χ2n) is 0.617. The molecule has 0 aromatic rings. The molecule has 0 aliphatic carbocycles. The summed E-state index contributed by atoms with van der Waals surface area (Å²) in [6, 6.07) is 0. The van der Waals surface area contributed by atoms with Crippen molar-refractivity contribution in [1.29, 1.82) is 0 Å². The van der Waals surface area contributed by atoms with Gasteiger partial charge in [0, 0.05) is 5.54 Å². The van der Waals surface area contributed by atoms with Crippen molar-refractivity contribution in [1.82, 2.24) is 0 Å². The van der Waals surface area contributed by atoms with Crippen molar-refractivity contribution in [3.63, 3.8) is 0 Å². The van der Waals surface area contributed by atoms with Gasteiger partial charge in [0.1, 0.15) is 0 Å². The van der Waals surface area contributed by atoms with Crippen LogP contribution >= 0.6 is 35.0 Å². The Morgan fingerprint density at radius 2 is 2.33 bits per heavy atom. The zero-order valence-corrected chi connectivity index (χ0v) is 5.57. The van der Waals surface area contributed by atoms with E-state index in [4.69, 9.17) is 23.2 Å². The largest absolute Gasteiger partial charge is 0.117 e. The Labute approximate surface area is 51.5 Å². The van der Waals surface area contributed by atoms with Gasteiger partial charge < -0.3 is 0 Å². The molecule has 0 radical (unpaired) electrons. The predicted octanol–water partition coefficient (Wildman–Crippen LogP) is 2.63. The van der Waals surface area contributed by atoms with E-state index >= 15 is 0 Å². The summed E-state index contributed by atoms with van der Waals surface area (Å²) in [5.41, 5.74) is 1.34. The van der Waals surface area contributed by atoms with E-state index in [9.17, 15) is 0 Å². The third-order valence-corrected chi connectivity index (χ3v) is 1.82. The van der Waals surface area contributed by atoms with Crippen LogP contribution in [0.2, 0.25) is 0 Å². The summed E-state index contributed by atoms with van der Waals surface area (Å²) in [6.07, 6.45) is 1.86. The Bertz CT molecular complexity index is 59.8. The number of hydrogen-bond acceptors (Lipinski definition) is 1. The third kappa shape index (κ3) is 2.88. The van der Waals surface area contributed by atoms with E-state index in [1.807, 2.05) is 6.26 Å². The molecule has 0 aromatic heterocycles. The normalized spacial score (nSPS) is 12.2. The fourth-order valence-corrected chi connectivity index (χ4v) is 0.401. The Kier molecular flexibility index (Phi) is 4.28. The van der Waals surface area contributed by atoms with Crippen LogP contribution in [0.25, 0.3) is 0 Å². The minimum Gasteiger partial charge on any atom is -0.117 e. The lowest BCUT2D eigenvalue weighted by atomic mass is 11.2. The van der Waals surface area contributed by atoms with Crippen molar-refractivity contribution < 1.29 is 0 Å².